The van der Waals surface area contributed by atoms with Gasteiger partial charge in [-0.2, -0.15) is 0 Å². The van der Waals surface area contributed by atoms with Crippen molar-refractivity contribution in [3.63, 3.8) is 0 Å². The Morgan fingerprint density at radius 1 is 1.35 bits per heavy atom. The van der Waals surface area contributed by atoms with Gasteiger partial charge in [0.2, 0.25) is 5.89 Å². The predicted octanol–water partition coefficient (Wildman–Crippen LogP) is 4.09. The molecule has 108 valence electrons. The minimum atomic E-state index is -0.385. The van der Waals surface area contributed by atoms with E-state index < -0.39 is 0 Å². The second kappa shape index (κ2) is 6.95. The van der Waals surface area contributed by atoms with E-state index >= 15 is 0 Å². The summed E-state index contributed by atoms with van der Waals surface area (Å²) < 4.78 is 20.1. The molecule has 1 heterocycles. The van der Waals surface area contributed by atoms with E-state index in [9.17, 15) is 4.39 Å². The smallest absolute Gasteiger partial charge is 0.250 e. The number of rotatable bonds is 6. The van der Waals surface area contributed by atoms with Crippen LogP contribution in [0.3, 0.4) is 0 Å². The van der Waals surface area contributed by atoms with Crippen molar-refractivity contribution in [1.82, 2.24) is 15.5 Å². The van der Waals surface area contributed by atoms with Crippen LogP contribution in [0.1, 0.15) is 38.6 Å². The van der Waals surface area contributed by atoms with E-state index in [2.05, 4.69) is 38.4 Å². The van der Waals surface area contributed by atoms with Gasteiger partial charge < -0.3 is 9.73 Å². The first kappa shape index (κ1) is 15.1. The van der Waals surface area contributed by atoms with Gasteiger partial charge in [0, 0.05) is 4.47 Å². The first-order valence-corrected chi connectivity index (χ1v) is 7.47. The highest BCUT2D eigenvalue weighted by molar-refractivity contribution is 9.10. The Labute approximate surface area is 125 Å². The van der Waals surface area contributed by atoms with Crippen LogP contribution in [0.5, 0.6) is 0 Å². The normalized spacial score (nSPS) is 12.6. The lowest BCUT2D eigenvalue weighted by atomic mass is 10.2. The van der Waals surface area contributed by atoms with Crippen molar-refractivity contribution < 1.29 is 8.81 Å². The summed E-state index contributed by atoms with van der Waals surface area (Å²) in [6.07, 6.45) is 1.86. The van der Waals surface area contributed by atoms with Crippen molar-refractivity contribution in [2.45, 2.75) is 32.7 Å². The molecule has 0 aliphatic carbocycles. The van der Waals surface area contributed by atoms with Crippen molar-refractivity contribution in [1.29, 1.82) is 0 Å². The average Bonchev–Trinajstić information content (AvgIpc) is 2.89. The van der Waals surface area contributed by atoms with Crippen molar-refractivity contribution in [2.75, 3.05) is 6.54 Å². The molecule has 2 rings (SSSR count). The Kier molecular flexibility index (Phi) is 5.25. The molecule has 1 atom stereocenters. The van der Waals surface area contributed by atoms with Gasteiger partial charge in [-0.3, -0.25) is 0 Å². The van der Waals surface area contributed by atoms with Crippen LogP contribution in [0.25, 0.3) is 11.5 Å². The molecule has 0 fully saturated rings. The molecule has 1 aromatic heterocycles. The number of benzene rings is 1. The lowest BCUT2D eigenvalue weighted by Gasteiger charge is -2.11. The molecular weight excluding hydrogens is 325 g/mol. The number of aromatic nitrogens is 2. The second-order valence-electron chi connectivity index (χ2n) is 4.48. The van der Waals surface area contributed by atoms with Crippen LogP contribution >= 0.6 is 15.9 Å². The summed E-state index contributed by atoms with van der Waals surface area (Å²) in [7, 11) is 0. The van der Waals surface area contributed by atoms with Crippen LogP contribution in [0.15, 0.2) is 27.1 Å². The Morgan fingerprint density at radius 2 is 2.15 bits per heavy atom. The van der Waals surface area contributed by atoms with Crippen LogP contribution in [0.2, 0.25) is 0 Å². The molecule has 1 aromatic carbocycles. The first-order chi connectivity index (χ1) is 9.65. The zero-order valence-corrected chi connectivity index (χ0v) is 13.1. The third kappa shape index (κ3) is 3.43. The maximum Gasteiger partial charge on any atom is 0.250 e. The van der Waals surface area contributed by atoms with Gasteiger partial charge in [-0.1, -0.05) is 29.8 Å². The van der Waals surface area contributed by atoms with Crippen LogP contribution in [0, 0.1) is 5.82 Å². The number of hydrogen-bond acceptors (Lipinski definition) is 4. The van der Waals surface area contributed by atoms with Crippen molar-refractivity contribution in [3.05, 3.63) is 34.4 Å². The summed E-state index contributed by atoms with van der Waals surface area (Å²) in [5, 5.41) is 11.3. The van der Waals surface area contributed by atoms with Crippen LogP contribution in [-0.2, 0) is 0 Å². The third-order valence-electron chi connectivity index (χ3n) is 2.95. The fraction of sp³-hybridized carbons (Fsp3) is 0.429. The fourth-order valence-corrected chi connectivity index (χ4v) is 2.21. The molecule has 1 N–H and O–H groups in total. The predicted molar refractivity (Wildman–Crippen MR) is 78.7 cm³/mol. The molecule has 0 amide bonds. The molecule has 0 aliphatic heterocycles. The largest absolute Gasteiger partial charge is 0.419 e. The highest BCUT2D eigenvalue weighted by Crippen LogP contribution is 2.26. The molecule has 0 aliphatic rings. The summed E-state index contributed by atoms with van der Waals surface area (Å²) in [5.74, 6) is 0.323. The van der Waals surface area contributed by atoms with Crippen LogP contribution < -0.4 is 5.32 Å². The minimum Gasteiger partial charge on any atom is -0.419 e. The lowest BCUT2D eigenvalue weighted by Crippen LogP contribution is -2.21. The van der Waals surface area contributed by atoms with Gasteiger partial charge in [0.15, 0.2) is 0 Å². The van der Waals surface area contributed by atoms with Gasteiger partial charge in [0.1, 0.15) is 5.82 Å². The highest BCUT2D eigenvalue weighted by atomic mass is 79.9. The summed E-state index contributed by atoms with van der Waals surface area (Å²) in [6.45, 7) is 5.01. The zero-order valence-electron chi connectivity index (χ0n) is 11.5. The molecule has 2 aromatic rings. The van der Waals surface area contributed by atoms with E-state index in [-0.39, 0.29) is 17.7 Å². The molecule has 6 heteroatoms. The standard InChI is InChI=1S/C14H17BrFN3O/c1-3-7-17-12(4-2)14-19-18-13(20-14)10-6-5-9(15)8-11(10)16/h5-6,8,12,17H,3-4,7H2,1-2H3. The van der Waals surface area contributed by atoms with E-state index in [1.807, 2.05) is 6.92 Å². The quantitative estimate of drug-likeness (QED) is 0.859. The highest BCUT2D eigenvalue weighted by Gasteiger charge is 2.18. The van der Waals surface area contributed by atoms with E-state index in [1.54, 1.807) is 12.1 Å². The van der Waals surface area contributed by atoms with E-state index in [0.29, 0.717) is 15.9 Å². The van der Waals surface area contributed by atoms with E-state index in [1.165, 1.54) is 6.07 Å². The van der Waals surface area contributed by atoms with Crippen LogP contribution in [0.4, 0.5) is 4.39 Å². The zero-order chi connectivity index (χ0) is 14.5. The van der Waals surface area contributed by atoms with E-state index in [4.69, 9.17) is 4.42 Å². The van der Waals surface area contributed by atoms with Crippen molar-refractivity contribution in [2.24, 2.45) is 0 Å². The molecule has 20 heavy (non-hydrogen) atoms. The molecule has 0 spiro atoms. The van der Waals surface area contributed by atoms with Gasteiger partial charge >= 0.3 is 0 Å². The van der Waals surface area contributed by atoms with Gasteiger partial charge in [-0.15, -0.1) is 10.2 Å². The number of nitrogens with one attached hydrogen (secondary N) is 1. The first-order valence-electron chi connectivity index (χ1n) is 6.67. The SMILES string of the molecule is CCCNC(CC)c1nnc(-c2ccc(Br)cc2F)o1. The summed E-state index contributed by atoms with van der Waals surface area (Å²) >= 11 is 3.22. The molecule has 1 unspecified atom stereocenters. The molecule has 0 bridgehead atoms. The number of halogens is 2. The second-order valence-corrected chi connectivity index (χ2v) is 5.40. The van der Waals surface area contributed by atoms with Crippen LogP contribution in [-0.4, -0.2) is 16.7 Å². The maximum atomic E-state index is 13.9. The number of hydrogen-bond donors (Lipinski definition) is 1. The van der Waals surface area contributed by atoms with Gasteiger partial charge in [0.25, 0.3) is 5.89 Å². The Balaban J connectivity index is 2.23. The van der Waals surface area contributed by atoms with Crippen molar-refractivity contribution >= 4 is 15.9 Å². The number of nitrogens with zero attached hydrogens (tertiary/aromatic N) is 2. The molecular formula is C14H17BrFN3O. The lowest BCUT2D eigenvalue weighted by molar-refractivity contribution is 0.395. The van der Waals surface area contributed by atoms with Gasteiger partial charge in [-0.25, -0.2) is 4.39 Å². The molecule has 0 saturated carbocycles. The minimum absolute atomic E-state index is 0.00899. The molecule has 0 saturated heterocycles. The monoisotopic (exact) mass is 341 g/mol. The average molecular weight is 342 g/mol. The maximum absolute atomic E-state index is 13.9. The summed E-state index contributed by atoms with van der Waals surface area (Å²) in [4.78, 5) is 0. The van der Waals surface area contributed by atoms with Crippen molar-refractivity contribution in [3.8, 4) is 11.5 Å². The molecule has 0 radical (unpaired) electrons. The molecule has 4 nitrogen and oxygen atoms in total. The fourth-order valence-electron chi connectivity index (χ4n) is 1.87. The Morgan fingerprint density at radius 3 is 2.80 bits per heavy atom. The Bertz CT molecular complexity index is 573. The summed E-state index contributed by atoms with van der Waals surface area (Å²) in [5.41, 5.74) is 0.317. The topological polar surface area (TPSA) is 51.0 Å². The van der Waals surface area contributed by atoms with Gasteiger partial charge in [0.05, 0.1) is 11.6 Å². The van der Waals surface area contributed by atoms with E-state index in [0.717, 1.165) is 19.4 Å². The Hall–Kier alpha value is -1.27. The summed E-state index contributed by atoms with van der Waals surface area (Å²) in [6, 6.07) is 4.76. The third-order valence-corrected chi connectivity index (χ3v) is 3.44. The van der Waals surface area contributed by atoms with Gasteiger partial charge in [-0.05, 0) is 37.6 Å².